The van der Waals surface area contributed by atoms with E-state index >= 15 is 0 Å². The fraction of sp³-hybridized carbons (Fsp3) is 0.222. The van der Waals surface area contributed by atoms with E-state index in [0.717, 1.165) is 23.8 Å². The minimum atomic E-state index is -0.784. The van der Waals surface area contributed by atoms with E-state index in [1.54, 1.807) is 0 Å². The SMILES string of the molecule is N#CCCN(CCc1ccccc1)C(=O)c1cc([N+](=O)[O-])cc([N+](=O)[O-])c1. The highest BCUT2D eigenvalue weighted by Crippen LogP contribution is 2.24. The normalized spacial score (nSPS) is 10.0. The number of hydrogen-bond acceptors (Lipinski definition) is 6. The van der Waals surface area contributed by atoms with Crippen molar-refractivity contribution in [2.24, 2.45) is 0 Å². The molecule has 9 heteroatoms. The van der Waals surface area contributed by atoms with Crippen LogP contribution in [-0.4, -0.2) is 33.7 Å². The zero-order chi connectivity index (χ0) is 19.8. The first-order chi connectivity index (χ1) is 12.9. The van der Waals surface area contributed by atoms with E-state index in [4.69, 9.17) is 5.26 Å². The molecular weight excluding hydrogens is 352 g/mol. The Bertz CT molecular complexity index is 860. The van der Waals surface area contributed by atoms with Gasteiger partial charge in [-0.15, -0.1) is 0 Å². The minimum absolute atomic E-state index is 0.0809. The molecule has 0 fully saturated rings. The van der Waals surface area contributed by atoms with Crippen LogP contribution in [0.2, 0.25) is 0 Å². The summed E-state index contributed by atoms with van der Waals surface area (Å²) < 4.78 is 0. The lowest BCUT2D eigenvalue weighted by molar-refractivity contribution is -0.394. The molecule has 0 bridgehead atoms. The molecule has 0 saturated carbocycles. The summed E-state index contributed by atoms with van der Waals surface area (Å²) in [6, 6.07) is 14.2. The third-order valence-electron chi connectivity index (χ3n) is 3.87. The predicted octanol–water partition coefficient (Wildman–Crippen LogP) is 3.10. The van der Waals surface area contributed by atoms with Gasteiger partial charge in [-0.2, -0.15) is 5.26 Å². The van der Waals surface area contributed by atoms with Crippen molar-refractivity contribution in [3.63, 3.8) is 0 Å². The Balaban J connectivity index is 2.29. The van der Waals surface area contributed by atoms with Gasteiger partial charge in [-0.1, -0.05) is 30.3 Å². The Morgan fingerprint density at radius 3 is 2.11 bits per heavy atom. The third kappa shape index (κ3) is 5.34. The molecule has 138 valence electrons. The monoisotopic (exact) mass is 368 g/mol. The second-order valence-corrected chi connectivity index (χ2v) is 5.69. The van der Waals surface area contributed by atoms with E-state index < -0.39 is 27.1 Å². The average Bonchev–Trinajstić information content (AvgIpc) is 2.68. The Hall–Kier alpha value is -3.80. The minimum Gasteiger partial charge on any atom is -0.337 e. The van der Waals surface area contributed by atoms with Crippen LogP contribution in [0.5, 0.6) is 0 Å². The molecule has 0 saturated heterocycles. The van der Waals surface area contributed by atoms with Crippen LogP contribution in [0, 0.1) is 31.6 Å². The second-order valence-electron chi connectivity index (χ2n) is 5.69. The van der Waals surface area contributed by atoms with Gasteiger partial charge in [0.2, 0.25) is 0 Å². The van der Waals surface area contributed by atoms with Crippen molar-refractivity contribution in [3.8, 4) is 6.07 Å². The molecule has 1 amide bonds. The van der Waals surface area contributed by atoms with Crippen molar-refractivity contribution in [1.82, 2.24) is 4.90 Å². The van der Waals surface area contributed by atoms with Crippen molar-refractivity contribution < 1.29 is 14.6 Å². The molecule has 27 heavy (non-hydrogen) atoms. The van der Waals surface area contributed by atoms with Crippen LogP contribution >= 0.6 is 0 Å². The van der Waals surface area contributed by atoms with Gasteiger partial charge in [0.05, 0.1) is 34.0 Å². The lowest BCUT2D eigenvalue weighted by Gasteiger charge is -2.21. The number of nitro groups is 2. The van der Waals surface area contributed by atoms with Crippen molar-refractivity contribution in [2.45, 2.75) is 12.8 Å². The quantitative estimate of drug-likeness (QED) is 0.520. The molecule has 0 aliphatic rings. The van der Waals surface area contributed by atoms with E-state index in [1.165, 1.54) is 4.90 Å². The van der Waals surface area contributed by atoms with Crippen LogP contribution in [-0.2, 0) is 6.42 Å². The van der Waals surface area contributed by atoms with Crippen molar-refractivity contribution in [2.75, 3.05) is 13.1 Å². The largest absolute Gasteiger partial charge is 0.337 e. The van der Waals surface area contributed by atoms with Crippen LogP contribution in [0.15, 0.2) is 48.5 Å². The Kier molecular flexibility index (Phi) is 6.55. The predicted molar refractivity (Wildman–Crippen MR) is 96.0 cm³/mol. The highest BCUT2D eigenvalue weighted by Gasteiger charge is 2.23. The van der Waals surface area contributed by atoms with Crippen molar-refractivity contribution in [3.05, 3.63) is 79.9 Å². The number of hydrogen-bond donors (Lipinski definition) is 0. The fourth-order valence-electron chi connectivity index (χ4n) is 2.52. The fourth-order valence-corrected chi connectivity index (χ4v) is 2.52. The number of rotatable bonds is 8. The molecule has 0 aliphatic carbocycles. The zero-order valence-corrected chi connectivity index (χ0v) is 14.3. The molecule has 0 atom stereocenters. The number of carbonyl (C=O) groups is 1. The summed E-state index contributed by atoms with van der Waals surface area (Å²) in [6.07, 6.45) is 0.604. The molecule has 0 aliphatic heterocycles. The molecule has 2 rings (SSSR count). The lowest BCUT2D eigenvalue weighted by atomic mass is 10.1. The molecule has 9 nitrogen and oxygen atoms in total. The molecule has 0 heterocycles. The number of amides is 1. The molecule has 0 N–H and O–H groups in total. The van der Waals surface area contributed by atoms with Crippen LogP contribution in [0.3, 0.4) is 0 Å². The summed E-state index contributed by atoms with van der Waals surface area (Å²) in [5, 5.41) is 30.9. The van der Waals surface area contributed by atoms with Crippen LogP contribution in [0.4, 0.5) is 11.4 Å². The molecule has 0 aromatic heterocycles. The number of nitriles is 1. The van der Waals surface area contributed by atoms with Gasteiger partial charge < -0.3 is 4.90 Å². The highest BCUT2D eigenvalue weighted by molar-refractivity contribution is 5.95. The maximum atomic E-state index is 12.8. The van der Waals surface area contributed by atoms with Gasteiger partial charge in [-0.25, -0.2) is 0 Å². The molecule has 0 spiro atoms. The van der Waals surface area contributed by atoms with Gasteiger partial charge in [0.25, 0.3) is 17.3 Å². The number of benzene rings is 2. The molecule has 2 aromatic rings. The van der Waals surface area contributed by atoms with Gasteiger partial charge in [0, 0.05) is 25.2 Å². The average molecular weight is 368 g/mol. The number of nitro benzene ring substituents is 2. The lowest BCUT2D eigenvalue weighted by Crippen LogP contribution is -2.33. The summed E-state index contributed by atoms with van der Waals surface area (Å²) in [4.78, 5) is 34.6. The third-order valence-corrected chi connectivity index (χ3v) is 3.87. The Morgan fingerprint density at radius 2 is 1.59 bits per heavy atom. The number of carbonyl (C=O) groups excluding carboxylic acids is 1. The van der Waals surface area contributed by atoms with E-state index in [0.29, 0.717) is 6.42 Å². The van der Waals surface area contributed by atoms with Crippen molar-refractivity contribution >= 4 is 17.3 Å². The van der Waals surface area contributed by atoms with Gasteiger partial charge in [0.15, 0.2) is 0 Å². The van der Waals surface area contributed by atoms with Crippen LogP contribution < -0.4 is 0 Å². The van der Waals surface area contributed by atoms with Gasteiger partial charge in [-0.3, -0.25) is 25.0 Å². The van der Waals surface area contributed by atoms with Crippen molar-refractivity contribution in [1.29, 1.82) is 5.26 Å². The Labute approximate surface area is 154 Å². The van der Waals surface area contributed by atoms with Crippen LogP contribution in [0.1, 0.15) is 22.3 Å². The summed E-state index contributed by atoms with van der Waals surface area (Å²) in [7, 11) is 0. The first-order valence-corrected chi connectivity index (χ1v) is 8.06. The maximum Gasteiger partial charge on any atom is 0.277 e. The summed E-state index contributed by atoms with van der Waals surface area (Å²) in [6.45, 7) is 0.402. The Morgan fingerprint density at radius 1 is 1.00 bits per heavy atom. The van der Waals surface area contributed by atoms with Gasteiger partial charge >= 0.3 is 0 Å². The topological polar surface area (TPSA) is 130 Å². The maximum absolute atomic E-state index is 12.8. The first kappa shape index (κ1) is 19.5. The first-order valence-electron chi connectivity index (χ1n) is 8.06. The smallest absolute Gasteiger partial charge is 0.277 e. The number of non-ortho nitro benzene ring substituents is 2. The molecule has 0 radical (unpaired) electrons. The summed E-state index contributed by atoms with van der Waals surface area (Å²) in [5.41, 5.74) is -0.231. The van der Waals surface area contributed by atoms with E-state index in [2.05, 4.69) is 0 Å². The standard InChI is InChI=1S/C18H16N4O5/c19-8-4-9-20(10-7-14-5-2-1-3-6-14)18(23)15-11-16(21(24)25)13-17(12-15)22(26)27/h1-3,5-6,11-13H,4,7,9-10H2. The molecular formula is C18H16N4O5. The van der Waals surface area contributed by atoms with Crippen LogP contribution in [0.25, 0.3) is 0 Å². The van der Waals surface area contributed by atoms with E-state index in [-0.39, 0.29) is 25.1 Å². The highest BCUT2D eigenvalue weighted by atomic mass is 16.6. The summed E-state index contributed by atoms with van der Waals surface area (Å²) in [5.74, 6) is -0.590. The number of nitrogens with zero attached hydrogens (tertiary/aromatic N) is 4. The summed E-state index contributed by atoms with van der Waals surface area (Å²) >= 11 is 0. The molecule has 0 unspecified atom stereocenters. The second kappa shape index (κ2) is 9.05. The van der Waals surface area contributed by atoms with E-state index in [1.807, 2.05) is 36.4 Å². The van der Waals surface area contributed by atoms with E-state index in [9.17, 15) is 25.0 Å². The van der Waals surface area contributed by atoms with Gasteiger partial charge in [0.1, 0.15) is 0 Å². The van der Waals surface area contributed by atoms with Gasteiger partial charge in [-0.05, 0) is 12.0 Å². The molecule has 2 aromatic carbocycles. The zero-order valence-electron chi connectivity index (χ0n) is 14.3.